The molecule has 2 aromatic rings. The van der Waals surface area contributed by atoms with Gasteiger partial charge in [-0.1, -0.05) is 97.0 Å². The van der Waals surface area contributed by atoms with Gasteiger partial charge in [-0.2, -0.15) is 0 Å². The zero-order valence-electron chi connectivity index (χ0n) is 9.94. The van der Waals surface area contributed by atoms with Crippen LogP contribution in [0, 0.1) is 0 Å². The Balaban J connectivity index is 0.000000357. The second-order valence-corrected chi connectivity index (χ2v) is 4.64. The molecule has 2 aromatic carbocycles. The Bertz CT molecular complexity index is 494. The average Bonchev–Trinajstić information content (AvgIpc) is 2.39. The van der Waals surface area contributed by atoms with Gasteiger partial charge < -0.3 is 0 Å². The van der Waals surface area contributed by atoms with Gasteiger partial charge in [-0.25, -0.2) is 0 Å². The van der Waals surface area contributed by atoms with Crippen LogP contribution in [0.25, 0.3) is 17.2 Å². The van der Waals surface area contributed by atoms with Crippen LogP contribution in [0.1, 0.15) is 5.56 Å². The molecule has 0 unspecified atom stereocenters. The van der Waals surface area contributed by atoms with Gasteiger partial charge in [0.15, 0.2) is 0 Å². The second kappa shape index (κ2) is 7.75. The summed E-state index contributed by atoms with van der Waals surface area (Å²) in [5.74, 6) is 0. The molecule has 0 spiro atoms. The Morgan fingerprint density at radius 3 is 1.72 bits per heavy atom. The van der Waals surface area contributed by atoms with Gasteiger partial charge in [-0.15, -0.1) is 0 Å². The second-order valence-electron chi connectivity index (χ2n) is 3.53. The quantitative estimate of drug-likeness (QED) is 0.638. The first-order chi connectivity index (χ1) is 8.63. The standard InChI is InChI=1S/C14H12.C2H2Cl2/c1-2-12-8-10-14(11-9-12)13-6-4-3-5-7-13;1-2(3)4/h2-11H,1H2;1H2. The molecular weight excluding hydrogens is 263 g/mol. The normalized spacial score (nSPS) is 9.00. The van der Waals surface area contributed by atoms with Crippen molar-refractivity contribution in [3.63, 3.8) is 0 Å². The fourth-order valence-electron chi connectivity index (χ4n) is 1.44. The van der Waals surface area contributed by atoms with Gasteiger partial charge in [0.2, 0.25) is 0 Å². The number of halogens is 2. The van der Waals surface area contributed by atoms with Crippen molar-refractivity contribution in [3.05, 3.63) is 77.8 Å². The first kappa shape index (κ1) is 14.6. The van der Waals surface area contributed by atoms with Crippen LogP contribution in [0.5, 0.6) is 0 Å². The van der Waals surface area contributed by atoms with E-state index < -0.39 is 0 Å². The van der Waals surface area contributed by atoms with Crippen LogP contribution in [0.3, 0.4) is 0 Å². The molecule has 92 valence electrons. The van der Waals surface area contributed by atoms with Gasteiger partial charge >= 0.3 is 0 Å². The average molecular weight is 277 g/mol. The highest BCUT2D eigenvalue weighted by atomic mass is 35.5. The van der Waals surface area contributed by atoms with E-state index in [0.29, 0.717) is 0 Å². The SMILES string of the molecule is C=C(Cl)Cl.C=Cc1ccc(-c2ccccc2)cc1. The molecule has 2 heteroatoms. The maximum atomic E-state index is 4.85. The molecule has 0 saturated carbocycles. The van der Waals surface area contributed by atoms with Gasteiger partial charge in [-0.3, -0.25) is 0 Å². The predicted molar refractivity (Wildman–Crippen MR) is 82.8 cm³/mol. The minimum atomic E-state index is 0.111. The molecule has 0 saturated heterocycles. The van der Waals surface area contributed by atoms with E-state index in [1.54, 1.807) is 0 Å². The Morgan fingerprint density at radius 2 is 1.28 bits per heavy atom. The third-order valence-electron chi connectivity index (χ3n) is 2.25. The van der Waals surface area contributed by atoms with Crippen LogP contribution in [0.2, 0.25) is 0 Å². The molecule has 0 heterocycles. The summed E-state index contributed by atoms with van der Waals surface area (Å²) in [6.45, 7) is 6.82. The molecule has 0 aliphatic carbocycles. The van der Waals surface area contributed by atoms with Crippen LogP contribution < -0.4 is 0 Å². The van der Waals surface area contributed by atoms with E-state index in [4.69, 9.17) is 23.2 Å². The Morgan fingerprint density at radius 1 is 0.833 bits per heavy atom. The lowest BCUT2D eigenvalue weighted by Crippen LogP contribution is -1.76. The summed E-state index contributed by atoms with van der Waals surface area (Å²) in [6, 6.07) is 18.8. The molecule has 0 fully saturated rings. The summed E-state index contributed by atoms with van der Waals surface area (Å²) in [4.78, 5) is 0. The summed E-state index contributed by atoms with van der Waals surface area (Å²) < 4.78 is 0.111. The molecule has 0 N–H and O–H groups in total. The maximum Gasteiger partial charge on any atom is 0.0992 e. The lowest BCUT2D eigenvalue weighted by Gasteiger charge is -2.01. The number of hydrogen-bond donors (Lipinski definition) is 0. The smallest absolute Gasteiger partial charge is 0.0985 e. The maximum absolute atomic E-state index is 4.85. The van der Waals surface area contributed by atoms with Crippen molar-refractivity contribution in [1.82, 2.24) is 0 Å². The Kier molecular flexibility index (Phi) is 6.27. The van der Waals surface area contributed by atoms with E-state index in [1.165, 1.54) is 11.1 Å². The van der Waals surface area contributed by atoms with Crippen LogP contribution in [0.15, 0.2) is 72.2 Å². The van der Waals surface area contributed by atoms with Crippen molar-refractivity contribution in [2.75, 3.05) is 0 Å². The van der Waals surface area contributed by atoms with Crippen molar-refractivity contribution in [3.8, 4) is 11.1 Å². The largest absolute Gasteiger partial charge is 0.0992 e. The fraction of sp³-hybridized carbons (Fsp3) is 0. The van der Waals surface area contributed by atoms with Crippen LogP contribution in [-0.4, -0.2) is 0 Å². The molecule has 0 aromatic heterocycles. The molecule has 18 heavy (non-hydrogen) atoms. The minimum Gasteiger partial charge on any atom is -0.0985 e. The predicted octanol–water partition coefficient (Wildman–Crippen LogP) is 5.93. The highest BCUT2D eigenvalue weighted by Crippen LogP contribution is 2.19. The molecule has 0 atom stereocenters. The van der Waals surface area contributed by atoms with Crippen molar-refractivity contribution in [2.24, 2.45) is 0 Å². The summed E-state index contributed by atoms with van der Waals surface area (Å²) in [6.07, 6.45) is 1.86. The molecule has 0 nitrogen and oxygen atoms in total. The summed E-state index contributed by atoms with van der Waals surface area (Å²) in [7, 11) is 0. The number of rotatable bonds is 2. The van der Waals surface area contributed by atoms with E-state index in [1.807, 2.05) is 12.1 Å². The molecule has 0 radical (unpaired) electrons. The molecular formula is C16H14Cl2. The zero-order chi connectivity index (χ0) is 13.4. The van der Waals surface area contributed by atoms with Gasteiger partial charge in [-0.05, 0) is 16.7 Å². The minimum absolute atomic E-state index is 0.111. The van der Waals surface area contributed by atoms with Crippen molar-refractivity contribution in [2.45, 2.75) is 0 Å². The molecule has 0 bridgehead atoms. The lowest BCUT2D eigenvalue weighted by atomic mass is 10.0. The topological polar surface area (TPSA) is 0 Å². The molecule has 0 aliphatic heterocycles. The van der Waals surface area contributed by atoms with Gasteiger partial charge in [0.25, 0.3) is 0 Å². The van der Waals surface area contributed by atoms with Crippen LogP contribution >= 0.6 is 23.2 Å². The summed E-state index contributed by atoms with van der Waals surface area (Å²) in [5, 5.41) is 0. The highest BCUT2D eigenvalue weighted by Gasteiger charge is 1.94. The van der Waals surface area contributed by atoms with E-state index in [9.17, 15) is 0 Å². The van der Waals surface area contributed by atoms with Crippen LogP contribution in [0.4, 0.5) is 0 Å². The van der Waals surface area contributed by atoms with Gasteiger partial charge in [0.05, 0.1) is 4.49 Å². The zero-order valence-corrected chi connectivity index (χ0v) is 11.5. The van der Waals surface area contributed by atoms with Crippen molar-refractivity contribution in [1.29, 1.82) is 0 Å². The Labute approximate surface area is 118 Å². The van der Waals surface area contributed by atoms with E-state index >= 15 is 0 Å². The van der Waals surface area contributed by atoms with E-state index in [-0.39, 0.29) is 4.49 Å². The fourth-order valence-corrected chi connectivity index (χ4v) is 1.44. The monoisotopic (exact) mass is 276 g/mol. The first-order valence-corrected chi connectivity index (χ1v) is 6.17. The van der Waals surface area contributed by atoms with Gasteiger partial charge in [0, 0.05) is 0 Å². The first-order valence-electron chi connectivity index (χ1n) is 5.41. The highest BCUT2D eigenvalue weighted by molar-refractivity contribution is 6.55. The number of hydrogen-bond acceptors (Lipinski definition) is 0. The molecule has 2 rings (SSSR count). The molecule has 0 amide bonds. The summed E-state index contributed by atoms with van der Waals surface area (Å²) in [5.41, 5.74) is 3.66. The third-order valence-corrected chi connectivity index (χ3v) is 2.25. The lowest BCUT2D eigenvalue weighted by molar-refractivity contribution is 1.60. The van der Waals surface area contributed by atoms with Crippen molar-refractivity contribution >= 4 is 29.3 Å². The van der Waals surface area contributed by atoms with E-state index in [0.717, 1.165) is 5.56 Å². The van der Waals surface area contributed by atoms with Crippen LogP contribution in [-0.2, 0) is 0 Å². The third kappa shape index (κ3) is 5.22. The van der Waals surface area contributed by atoms with Crippen molar-refractivity contribution < 1.29 is 0 Å². The number of benzene rings is 2. The summed E-state index contributed by atoms with van der Waals surface area (Å²) >= 11 is 9.69. The van der Waals surface area contributed by atoms with E-state index in [2.05, 4.69) is 61.7 Å². The van der Waals surface area contributed by atoms with Gasteiger partial charge in [0.1, 0.15) is 0 Å². The molecule has 0 aliphatic rings. The Hall–Kier alpha value is -1.50.